The van der Waals surface area contributed by atoms with E-state index in [1.54, 1.807) is 24.3 Å². The fourth-order valence-electron chi connectivity index (χ4n) is 2.34. The first kappa shape index (κ1) is 15.7. The van der Waals surface area contributed by atoms with Gasteiger partial charge in [0.1, 0.15) is 0 Å². The zero-order valence-corrected chi connectivity index (χ0v) is 13.4. The predicted octanol–water partition coefficient (Wildman–Crippen LogP) is 1.86. The lowest BCUT2D eigenvalue weighted by molar-refractivity contribution is 0.587. The van der Waals surface area contributed by atoms with Gasteiger partial charge in [-0.25, -0.2) is 8.42 Å². The molecule has 0 aliphatic rings. The molecule has 0 aliphatic carbocycles. The van der Waals surface area contributed by atoms with Gasteiger partial charge < -0.3 is 5.73 Å². The molecule has 1 atom stereocenters. The summed E-state index contributed by atoms with van der Waals surface area (Å²) in [4.78, 5) is 0.313. The third-order valence-corrected chi connectivity index (χ3v) is 4.58. The number of aromatic nitrogens is 2. The van der Waals surface area contributed by atoms with E-state index in [0.717, 1.165) is 23.5 Å². The third-order valence-electron chi connectivity index (χ3n) is 3.45. The molecule has 0 amide bonds. The van der Waals surface area contributed by atoms with E-state index < -0.39 is 9.84 Å². The fraction of sp³-hybridized carbons (Fsp3) is 0.400. The number of hydrogen-bond acceptors (Lipinski definition) is 4. The van der Waals surface area contributed by atoms with Crippen molar-refractivity contribution in [3.63, 3.8) is 0 Å². The molecular weight excluding hydrogens is 286 g/mol. The maximum Gasteiger partial charge on any atom is 0.175 e. The van der Waals surface area contributed by atoms with Gasteiger partial charge in [0, 0.05) is 31.0 Å². The van der Waals surface area contributed by atoms with Crippen LogP contribution in [0.5, 0.6) is 0 Å². The normalized spacial score (nSPS) is 13.3. The van der Waals surface area contributed by atoms with Gasteiger partial charge in [-0.05, 0) is 37.6 Å². The summed E-state index contributed by atoms with van der Waals surface area (Å²) in [6.45, 7) is 4.81. The molecule has 5 nitrogen and oxygen atoms in total. The van der Waals surface area contributed by atoms with E-state index in [2.05, 4.69) is 5.10 Å². The first-order valence-corrected chi connectivity index (χ1v) is 8.79. The summed E-state index contributed by atoms with van der Waals surface area (Å²) < 4.78 is 24.8. The smallest absolute Gasteiger partial charge is 0.175 e. The summed E-state index contributed by atoms with van der Waals surface area (Å²) in [5.74, 6) is 0. The molecule has 6 heteroatoms. The molecule has 2 aromatic rings. The average Bonchev–Trinajstić information content (AvgIpc) is 2.78. The average molecular weight is 307 g/mol. The number of nitrogens with zero attached hydrogens (tertiary/aromatic N) is 2. The number of aryl methyl sites for hydroxylation is 2. The Morgan fingerprint density at radius 1 is 1.29 bits per heavy atom. The minimum Gasteiger partial charge on any atom is -0.324 e. The van der Waals surface area contributed by atoms with Gasteiger partial charge in [0.25, 0.3) is 0 Å². The van der Waals surface area contributed by atoms with Crippen LogP contribution in [0.4, 0.5) is 0 Å². The molecule has 0 saturated carbocycles. The molecule has 1 heterocycles. The Labute approximate surface area is 125 Å². The molecular formula is C15H21N3O2S. The van der Waals surface area contributed by atoms with E-state index >= 15 is 0 Å². The van der Waals surface area contributed by atoms with Crippen molar-refractivity contribution in [1.29, 1.82) is 0 Å². The number of sulfone groups is 1. The molecule has 0 saturated heterocycles. The SMILES string of the molecule is CCn1nc(C)cc1CC(N)c1ccc(S(C)(=O)=O)cc1. The zero-order valence-electron chi connectivity index (χ0n) is 12.6. The van der Waals surface area contributed by atoms with Gasteiger partial charge in [0.15, 0.2) is 9.84 Å². The van der Waals surface area contributed by atoms with Crippen LogP contribution in [0.2, 0.25) is 0 Å². The number of hydrogen-bond donors (Lipinski definition) is 1. The van der Waals surface area contributed by atoms with Gasteiger partial charge >= 0.3 is 0 Å². The van der Waals surface area contributed by atoms with E-state index in [4.69, 9.17) is 5.73 Å². The first-order valence-electron chi connectivity index (χ1n) is 6.90. The number of rotatable bonds is 5. The lowest BCUT2D eigenvalue weighted by Crippen LogP contribution is -2.16. The van der Waals surface area contributed by atoms with Crippen LogP contribution in [-0.4, -0.2) is 24.5 Å². The highest BCUT2D eigenvalue weighted by atomic mass is 32.2. The fourth-order valence-corrected chi connectivity index (χ4v) is 2.97. The van der Waals surface area contributed by atoms with Crippen molar-refractivity contribution < 1.29 is 8.42 Å². The Hall–Kier alpha value is -1.66. The van der Waals surface area contributed by atoms with Crippen molar-refractivity contribution in [1.82, 2.24) is 9.78 Å². The Balaban J connectivity index is 2.18. The monoisotopic (exact) mass is 307 g/mol. The van der Waals surface area contributed by atoms with Crippen LogP contribution in [-0.2, 0) is 22.8 Å². The Morgan fingerprint density at radius 3 is 2.43 bits per heavy atom. The molecule has 21 heavy (non-hydrogen) atoms. The van der Waals surface area contributed by atoms with Crippen LogP contribution >= 0.6 is 0 Å². The summed E-state index contributed by atoms with van der Waals surface area (Å²) in [6.07, 6.45) is 1.87. The maximum atomic E-state index is 11.4. The minimum absolute atomic E-state index is 0.181. The molecule has 114 valence electrons. The predicted molar refractivity (Wildman–Crippen MR) is 82.8 cm³/mol. The lowest BCUT2D eigenvalue weighted by Gasteiger charge is -2.13. The molecule has 2 rings (SSSR count). The molecule has 1 aromatic carbocycles. The van der Waals surface area contributed by atoms with E-state index in [1.807, 2.05) is 24.6 Å². The summed E-state index contributed by atoms with van der Waals surface area (Å²) in [5.41, 5.74) is 9.22. The number of nitrogens with two attached hydrogens (primary N) is 1. The Bertz CT molecular complexity index is 718. The Morgan fingerprint density at radius 2 is 1.90 bits per heavy atom. The summed E-state index contributed by atoms with van der Waals surface area (Å²) in [6, 6.07) is 8.62. The van der Waals surface area contributed by atoms with Gasteiger partial charge in [-0.15, -0.1) is 0 Å². The maximum absolute atomic E-state index is 11.4. The van der Waals surface area contributed by atoms with E-state index in [0.29, 0.717) is 11.3 Å². The zero-order chi connectivity index (χ0) is 15.6. The Kier molecular flexibility index (Phi) is 4.49. The van der Waals surface area contributed by atoms with Crippen molar-refractivity contribution in [3.8, 4) is 0 Å². The van der Waals surface area contributed by atoms with Gasteiger partial charge in [0.2, 0.25) is 0 Å². The summed E-state index contributed by atoms with van der Waals surface area (Å²) in [5, 5.41) is 4.40. The van der Waals surface area contributed by atoms with Crippen LogP contribution in [0, 0.1) is 6.92 Å². The molecule has 1 unspecified atom stereocenters. The van der Waals surface area contributed by atoms with Gasteiger partial charge in [0.05, 0.1) is 10.6 Å². The standard InChI is InChI=1S/C15H21N3O2S/c1-4-18-13(9-11(2)17-18)10-15(16)12-5-7-14(8-6-12)21(3,19)20/h5-9,15H,4,10,16H2,1-3H3. The first-order chi connectivity index (χ1) is 9.81. The summed E-state index contributed by atoms with van der Waals surface area (Å²) in [7, 11) is -3.17. The molecule has 0 radical (unpaired) electrons. The molecule has 0 spiro atoms. The highest BCUT2D eigenvalue weighted by Crippen LogP contribution is 2.19. The highest BCUT2D eigenvalue weighted by Gasteiger charge is 2.13. The van der Waals surface area contributed by atoms with Gasteiger partial charge in [-0.3, -0.25) is 4.68 Å². The highest BCUT2D eigenvalue weighted by molar-refractivity contribution is 7.90. The molecule has 2 N–H and O–H groups in total. The van der Waals surface area contributed by atoms with Crippen molar-refractivity contribution in [3.05, 3.63) is 47.3 Å². The lowest BCUT2D eigenvalue weighted by atomic mass is 10.0. The van der Waals surface area contributed by atoms with Crippen LogP contribution in [0.25, 0.3) is 0 Å². The topological polar surface area (TPSA) is 78.0 Å². The summed E-state index contributed by atoms with van der Waals surface area (Å²) >= 11 is 0. The van der Waals surface area contributed by atoms with E-state index in [9.17, 15) is 8.42 Å². The van der Waals surface area contributed by atoms with Crippen molar-refractivity contribution >= 4 is 9.84 Å². The minimum atomic E-state index is -3.17. The van der Waals surface area contributed by atoms with E-state index in [-0.39, 0.29) is 6.04 Å². The van der Waals surface area contributed by atoms with Crippen molar-refractivity contribution in [2.75, 3.05) is 6.26 Å². The van der Waals surface area contributed by atoms with Crippen LogP contribution in [0.3, 0.4) is 0 Å². The quantitative estimate of drug-likeness (QED) is 0.914. The molecule has 0 fully saturated rings. The van der Waals surface area contributed by atoms with Gasteiger partial charge in [-0.1, -0.05) is 12.1 Å². The molecule has 1 aromatic heterocycles. The van der Waals surface area contributed by atoms with Crippen LogP contribution in [0.15, 0.2) is 35.2 Å². The molecule has 0 aliphatic heterocycles. The largest absolute Gasteiger partial charge is 0.324 e. The third kappa shape index (κ3) is 3.71. The van der Waals surface area contributed by atoms with Crippen LogP contribution < -0.4 is 5.73 Å². The van der Waals surface area contributed by atoms with Crippen LogP contribution in [0.1, 0.15) is 29.9 Å². The van der Waals surface area contributed by atoms with Crippen molar-refractivity contribution in [2.45, 2.75) is 37.8 Å². The van der Waals surface area contributed by atoms with Crippen molar-refractivity contribution in [2.24, 2.45) is 5.73 Å². The second-order valence-electron chi connectivity index (χ2n) is 5.24. The van der Waals surface area contributed by atoms with E-state index in [1.165, 1.54) is 6.26 Å². The van der Waals surface area contributed by atoms with Gasteiger partial charge in [-0.2, -0.15) is 5.10 Å². The second kappa shape index (κ2) is 5.99. The number of benzene rings is 1. The second-order valence-corrected chi connectivity index (χ2v) is 7.26. The molecule has 0 bridgehead atoms.